The predicted molar refractivity (Wildman–Crippen MR) is 95.7 cm³/mol. The smallest absolute Gasteiger partial charge is 0.409 e. The van der Waals surface area contributed by atoms with E-state index in [0.29, 0.717) is 44.9 Å². The Kier molecular flexibility index (Phi) is 8.82. The molecule has 0 saturated carbocycles. The maximum Gasteiger partial charge on any atom is 0.409 e. The Morgan fingerprint density at radius 1 is 1.28 bits per heavy atom. The second-order valence-corrected chi connectivity index (χ2v) is 6.41. The zero-order valence-corrected chi connectivity index (χ0v) is 15.2. The quantitative estimate of drug-likeness (QED) is 0.403. The molecule has 0 aromatic rings. The van der Waals surface area contributed by atoms with Crippen LogP contribution in [0.3, 0.4) is 0 Å². The summed E-state index contributed by atoms with van der Waals surface area (Å²) in [5.74, 6) is 0.473. The van der Waals surface area contributed by atoms with Crippen molar-refractivity contribution in [1.29, 1.82) is 0 Å². The first-order valence-electron chi connectivity index (χ1n) is 9.36. The van der Waals surface area contributed by atoms with Crippen LogP contribution < -0.4 is 11.1 Å². The van der Waals surface area contributed by atoms with Gasteiger partial charge in [0.05, 0.1) is 12.7 Å². The Morgan fingerprint density at radius 2 is 2.00 bits per heavy atom. The molecule has 1 amide bonds. The molecule has 2 heterocycles. The molecule has 0 unspecified atom stereocenters. The first kappa shape index (κ1) is 19.8. The van der Waals surface area contributed by atoms with E-state index in [4.69, 9.17) is 19.9 Å². The number of piperidine rings is 1. The molecule has 0 spiro atoms. The Bertz CT molecular complexity index is 419. The second kappa shape index (κ2) is 11.1. The monoisotopic (exact) mass is 356 g/mol. The largest absolute Gasteiger partial charge is 0.450 e. The molecule has 2 rings (SSSR count). The van der Waals surface area contributed by atoms with Crippen LogP contribution in [-0.2, 0) is 14.2 Å². The molecule has 144 valence electrons. The van der Waals surface area contributed by atoms with Crippen LogP contribution in [-0.4, -0.2) is 75.2 Å². The van der Waals surface area contributed by atoms with Crippen molar-refractivity contribution in [2.24, 2.45) is 10.7 Å². The average molecular weight is 356 g/mol. The lowest BCUT2D eigenvalue weighted by Crippen LogP contribution is -2.48. The number of rotatable bonds is 7. The number of nitrogens with one attached hydrogen (secondary N) is 1. The number of guanidine groups is 1. The fourth-order valence-electron chi connectivity index (χ4n) is 3.03. The van der Waals surface area contributed by atoms with E-state index in [1.54, 1.807) is 4.90 Å². The summed E-state index contributed by atoms with van der Waals surface area (Å²) < 4.78 is 16.1. The van der Waals surface area contributed by atoms with Crippen LogP contribution in [0, 0.1) is 0 Å². The van der Waals surface area contributed by atoms with Crippen LogP contribution in [0.15, 0.2) is 4.99 Å². The van der Waals surface area contributed by atoms with Gasteiger partial charge in [-0.1, -0.05) is 0 Å². The second-order valence-electron chi connectivity index (χ2n) is 6.41. The third-order valence-corrected chi connectivity index (χ3v) is 4.48. The summed E-state index contributed by atoms with van der Waals surface area (Å²) in [6, 6.07) is 0.257. The van der Waals surface area contributed by atoms with Gasteiger partial charge in [-0.25, -0.2) is 4.79 Å². The van der Waals surface area contributed by atoms with Gasteiger partial charge in [-0.2, -0.15) is 0 Å². The van der Waals surface area contributed by atoms with Crippen molar-refractivity contribution < 1.29 is 19.0 Å². The van der Waals surface area contributed by atoms with Gasteiger partial charge in [0, 0.05) is 45.5 Å². The van der Waals surface area contributed by atoms with Crippen LogP contribution in [0.2, 0.25) is 0 Å². The Labute approximate surface area is 150 Å². The van der Waals surface area contributed by atoms with Gasteiger partial charge in [0.15, 0.2) is 5.96 Å². The van der Waals surface area contributed by atoms with Crippen molar-refractivity contribution in [3.63, 3.8) is 0 Å². The van der Waals surface area contributed by atoms with Crippen molar-refractivity contribution in [1.82, 2.24) is 10.2 Å². The molecule has 0 bridgehead atoms. The van der Waals surface area contributed by atoms with Gasteiger partial charge in [0.25, 0.3) is 0 Å². The zero-order chi connectivity index (χ0) is 17.9. The maximum atomic E-state index is 11.7. The molecule has 2 fully saturated rings. The summed E-state index contributed by atoms with van der Waals surface area (Å²) in [6.45, 7) is 6.56. The van der Waals surface area contributed by atoms with Gasteiger partial charge >= 0.3 is 6.09 Å². The number of carbonyl (C=O) groups excluding carboxylic acids is 1. The molecule has 3 N–H and O–H groups in total. The van der Waals surface area contributed by atoms with Crippen molar-refractivity contribution in [2.45, 2.75) is 51.2 Å². The van der Waals surface area contributed by atoms with E-state index in [-0.39, 0.29) is 12.1 Å². The molecular weight excluding hydrogens is 324 g/mol. The Hall–Kier alpha value is -1.54. The summed E-state index contributed by atoms with van der Waals surface area (Å²) in [4.78, 5) is 17.8. The number of carbonyl (C=O) groups is 1. The molecule has 2 aliphatic heterocycles. The lowest BCUT2D eigenvalue weighted by atomic mass is 10.1. The minimum atomic E-state index is -0.230. The third-order valence-electron chi connectivity index (χ3n) is 4.48. The lowest BCUT2D eigenvalue weighted by molar-refractivity contribution is -0.0318. The van der Waals surface area contributed by atoms with Gasteiger partial charge in [0.2, 0.25) is 0 Å². The molecule has 0 aromatic heterocycles. The van der Waals surface area contributed by atoms with E-state index in [1.807, 2.05) is 6.92 Å². The average Bonchev–Trinajstić information content (AvgIpc) is 2.63. The highest BCUT2D eigenvalue weighted by Crippen LogP contribution is 2.12. The van der Waals surface area contributed by atoms with Crippen molar-refractivity contribution in [3.05, 3.63) is 0 Å². The number of aliphatic imine (C=N–C) groups is 1. The fourth-order valence-corrected chi connectivity index (χ4v) is 3.03. The molecule has 0 aliphatic carbocycles. The highest BCUT2D eigenvalue weighted by molar-refractivity contribution is 5.78. The minimum absolute atomic E-state index is 0.230. The van der Waals surface area contributed by atoms with Crippen molar-refractivity contribution >= 4 is 12.1 Å². The molecule has 8 nitrogen and oxygen atoms in total. The van der Waals surface area contributed by atoms with Crippen molar-refractivity contribution in [2.75, 3.05) is 46.1 Å². The normalized spacial score (nSPS) is 20.5. The number of amides is 1. The minimum Gasteiger partial charge on any atom is -0.450 e. The first-order chi connectivity index (χ1) is 12.2. The summed E-state index contributed by atoms with van der Waals surface area (Å²) in [5, 5.41) is 3.24. The SMILES string of the molecule is CCOC(=O)N1CCC(NC(N)=NCCCOC2CCOCC2)CC1. The molecule has 0 radical (unpaired) electrons. The van der Waals surface area contributed by atoms with Gasteiger partial charge in [-0.3, -0.25) is 4.99 Å². The third kappa shape index (κ3) is 7.48. The van der Waals surface area contributed by atoms with Crippen LogP contribution in [0.1, 0.15) is 39.0 Å². The zero-order valence-electron chi connectivity index (χ0n) is 15.2. The van der Waals surface area contributed by atoms with Gasteiger partial charge in [-0.15, -0.1) is 0 Å². The molecule has 0 atom stereocenters. The molecule has 0 aromatic carbocycles. The predicted octanol–water partition coefficient (Wildman–Crippen LogP) is 1.10. The Balaban J connectivity index is 1.54. The first-order valence-corrected chi connectivity index (χ1v) is 9.36. The van der Waals surface area contributed by atoms with E-state index >= 15 is 0 Å². The van der Waals surface area contributed by atoms with Gasteiger partial charge in [0.1, 0.15) is 0 Å². The summed E-state index contributed by atoms with van der Waals surface area (Å²) in [7, 11) is 0. The van der Waals surface area contributed by atoms with E-state index in [9.17, 15) is 4.79 Å². The standard InChI is InChI=1S/C17H32N4O4/c1-2-24-17(22)21-9-4-14(5-10-21)20-16(18)19-8-3-11-25-15-6-12-23-13-7-15/h14-15H,2-13H2,1H3,(H3,18,19,20). The van der Waals surface area contributed by atoms with E-state index in [2.05, 4.69) is 10.3 Å². The highest BCUT2D eigenvalue weighted by atomic mass is 16.6. The number of likely N-dealkylation sites (tertiary alicyclic amines) is 1. The van der Waals surface area contributed by atoms with E-state index in [1.165, 1.54) is 0 Å². The number of nitrogens with zero attached hydrogens (tertiary/aromatic N) is 2. The van der Waals surface area contributed by atoms with Crippen LogP contribution >= 0.6 is 0 Å². The lowest BCUT2D eigenvalue weighted by Gasteiger charge is -2.31. The van der Waals surface area contributed by atoms with E-state index in [0.717, 1.165) is 45.3 Å². The topological polar surface area (TPSA) is 98.4 Å². The Morgan fingerprint density at radius 3 is 2.68 bits per heavy atom. The summed E-state index contributed by atoms with van der Waals surface area (Å²) in [5.41, 5.74) is 5.95. The van der Waals surface area contributed by atoms with Crippen LogP contribution in [0.4, 0.5) is 4.79 Å². The molecular formula is C17H32N4O4. The summed E-state index contributed by atoms with van der Waals surface area (Å²) >= 11 is 0. The number of ether oxygens (including phenoxy) is 3. The van der Waals surface area contributed by atoms with Gasteiger partial charge < -0.3 is 30.2 Å². The number of hydrogen-bond acceptors (Lipinski definition) is 5. The van der Waals surface area contributed by atoms with E-state index < -0.39 is 0 Å². The van der Waals surface area contributed by atoms with Crippen molar-refractivity contribution in [3.8, 4) is 0 Å². The molecule has 25 heavy (non-hydrogen) atoms. The molecule has 2 saturated heterocycles. The highest BCUT2D eigenvalue weighted by Gasteiger charge is 2.23. The number of hydrogen-bond donors (Lipinski definition) is 2. The maximum absolute atomic E-state index is 11.7. The fraction of sp³-hybridized carbons (Fsp3) is 0.882. The summed E-state index contributed by atoms with van der Waals surface area (Å²) in [6.07, 6.45) is 4.63. The molecule has 2 aliphatic rings. The van der Waals surface area contributed by atoms with Crippen LogP contribution in [0.25, 0.3) is 0 Å². The number of nitrogens with two attached hydrogens (primary N) is 1. The van der Waals surface area contributed by atoms with Gasteiger partial charge in [-0.05, 0) is 39.0 Å². The molecule has 8 heteroatoms. The van der Waals surface area contributed by atoms with Crippen LogP contribution in [0.5, 0.6) is 0 Å².